The van der Waals surface area contributed by atoms with Gasteiger partial charge in [-0.2, -0.15) is 0 Å². The Labute approximate surface area is 197 Å². The molecule has 1 saturated heterocycles. The first-order chi connectivity index (χ1) is 16.3. The minimum atomic E-state index is -0.947. The monoisotopic (exact) mass is 468 g/mol. The third-order valence-electron chi connectivity index (χ3n) is 7.33. The number of halogens is 2. The van der Waals surface area contributed by atoms with E-state index in [1.807, 2.05) is 19.1 Å². The molecule has 8 heteroatoms. The summed E-state index contributed by atoms with van der Waals surface area (Å²) in [6, 6.07) is 8.18. The van der Waals surface area contributed by atoms with E-state index >= 15 is 0 Å². The van der Waals surface area contributed by atoms with Crippen LogP contribution in [-0.4, -0.2) is 39.9 Å². The summed E-state index contributed by atoms with van der Waals surface area (Å²) in [5, 5.41) is 13.2. The quantitative estimate of drug-likeness (QED) is 0.538. The van der Waals surface area contributed by atoms with Crippen molar-refractivity contribution >= 4 is 22.8 Å². The molecule has 2 N–H and O–H groups in total. The summed E-state index contributed by atoms with van der Waals surface area (Å²) in [6.45, 7) is 5.86. The van der Waals surface area contributed by atoms with Gasteiger partial charge in [0.05, 0.1) is 16.7 Å². The van der Waals surface area contributed by atoms with Gasteiger partial charge in [-0.25, -0.2) is 18.6 Å². The first-order valence-electron chi connectivity index (χ1n) is 12.1. The van der Waals surface area contributed by atoms with Gasteiger partial charge in [-0.05, 0) is 81.9 Å². The average Bonchev–Trinajstić information content (AvgIpc) is 3.21. The van der Waals surface area contributed by atoms with Crippen LogP contribution in [0.3, 0.4) is 0 Å². The number of piperidine rings is 1. The van der Waals surface area contributed by atoms with Crippen molar-refractivity contribution in [3.05, 3.63) is 58.9 Å². The highest BCUT2D eigenvalue weighted by Crippen LogP contribution is 2.39. The van der Waals surface area contributed by atoms with Crippen LogP contribution in [0.15, 0.2) is 30.3 Å². The Morgan fingerprint density at radius 2 is 1.94 bits per heavy atom. The van der Waals surface area contributed by atoms with Gasteiger partial charge in [0.15, 0.2) is 11.6 Å². The molecule has 3 heterocycles. The maximum Gasteiger partial charge on any atom is 0.412 e. The van der Waals surface area contributed by atoms with Crippen molar-refractivity contribution in [1.82, 2.24) is 14.9 Å². The van der Waals surface area contributed by atoms with Gasteiger partial charge in [-0.1, -0.05) is 13.0 Å². The van der Waals surface area contributed by atoms with E-state index in [1.54, 1.807) is 6.07 Å². The Kier molecular flexibility index (Phi) is 6.02. The third kappa shape index (κ3) is 3.94. The topological polar surface area (TPSA) is 70.4 Å². The second kappa shape index (κ2) is 8.98. The molecular weight excluding hydrogens is 438 g/mol. The van der Waals surface area contributed by atoms with Gasteiger partial charge in [-0.3, -0.25) is 4.90 Å². The van der Waals surface area contributed by atoms with Crippen LogP contribution < -0.4 is 10.2 Å². The van der Waals surface area contributed by atoms with Crippen LogP contribution in [0.1, 0.15) is 62.0 Å². The minimum absolute atomic E-state index is 0.0270. The van der Waals surface area contributed by atoms with Crippen molar-refractivity contribution in [2.24, 2.45) is 0 Å². The van der Waals surface area contributed by atoms with Crippen molar-refractivity contribution in [2.45, 2.75) is 64.0 Å². The van der Waals surface area contributed by atoms with Gasteiger partial charge >= 0.3 is 6.09 Å². The molecular formula is C26H30F2N4O2. The van der Waals surface area contributed by atoms with Crippen LogP contribution in [0.2, 0.25) is 0 Å². The Balaban J connectivity index is 1.62. The molecule has 0 bridgehead atoms. The number of imidazole rings is 1. The van der Waals surface area contributed by atoms with E-state index < -0.39 is 17.7 Å². The van der Waals surface area contributed by atoms with Crippen molar-refractivity contribution < 1.29 is 18.7 Å². The summed E-state index contributed by atoms with van der Waals surface area (Å²) >= 11 is 0. The van der Waals surface area contributed by atoms with Gasteiger partial charge in [0.2, 0.25) is 0 Å². The molecule has 1 amide bonds. The first kappa shape index (κ1) is 22.8. The lowest BCUT2D eigenvalue weighted by Crippen LogP contribution is -2.41. The molecule has 0 saturated carbocycles. The van der Waals surface area contributed by atoms with E-state index in [9.17, 15) is 18.7 Å². The second-order valence-corrected chi connectivity index (χ2v) is 9.65. The summed E-state index contributed by atoms with van der Waals surface area (Å²) in [4.78, 5) is 18.5. The number of nitrogens with one attached hydrogen (secondary N) is 1. The molecule has 2 aliphatic heterocycles. The number of hydrogen-bond donors (Lipinski definition) is 2. The van der Waals surface area contributed by atoms with Crippen molar-refractivity contribution in [3.8, 4) is 0 Å². The van der Waals surface area contributed by atoms with Gasteiger partial charge in [0.25, 0.3) is 0 Å². The molecule has 0 aliphatic carbocycles. The molecule has 3 aromatic rings. The summed E-state index contributed by atoms with van der Waals surface area (Å²) in [7, 11) is 0. The Hall–Kier alpha value is -3.00. The second-order valence-electron chi connectivity index (χ2n) is 9.65. The number of carbonyl (C=O) groups is 1. The van der Waals surface area contributed by atoms with Crippen LogP contribution in [-0.2, 0) is 12.8 Å². The largest absolute Gasteiger partial charge is 0.465 e. The molecule has 2 unspecified atom stereocenters. The Bertz CT molecular complexity index is 1240. The first-order valence-corrected chi connectivity index (χ1v) is 12.1. The fourth-order valence-corrected chi connectivity index (χ4v) is 5.62. The van der Waals surface area contributed by atoms with Crippen LogP contribution in [0.4, 0.5) is 19.3 Å². The zero-order valence-electron chi connectivity index (χ0n) is 19.5. The van der Waals surface area contributed by atoms with E-state index in [0.717, 1.165) is 66.8 Å². The lowest BCUT2D eigenvalue weighted by molar-refractivity contribution is 0.198. The van der Waals surface area contributed by atoms with Gasteiger partial charge in [-0.15, -0.1) is 0 Å². The summed E-state index contributed by atoms with van der Waals surface area (Å²) in [5.41, 5.74) is 4.31. The molecule has 2 atom stereocenters. The number of benzene rings is 2. The summed E-state index contributed by atoms with van der Waals surface area (Å²) in [5.74, 6) is -0.794. The smallest absolute Gasteiger partial charge is 0.412 e. The van der Waals surface area contributed by atoms with E-state index in [0.29, 0.717) is 12.1 Å². The highest BCUT2D eigenvalue weighted by molar-refractivity contribution is 5.94. The Morgan fingerprint density at radius 1 is 1.18 bits per heavy atom. The zero-order chi connectivity index (χ0) is 24.0. The molecule has 34 heavy (non-hydrogen) atoms. The average molecular weight is 469 g/mol. The zero-order valence-corrected chi connectivity index (χ0v) is 19.5. The fourth-order valence-electron chi connectivity index (χ4n) is 5.62. The van der Waals surface area contributed by atoms with E-state index in [2.05, 4.69) is 16.8 Å². The number of carboxylic acid groups (broad SMARTS) is 1. The van der Waals surface area contributed by atoms with Gasteiger partial charge in [0, 0.05) is 23.6 Å². The predicted molar refractivity (Wildman–Crippen MR) is 128 cm³/mol. The van der Waals surface area contributed by atoms with Gasteiger partial charge < -0.3 is 15.0 Å². The van der Waals surface area contributed by atoms with E-state index in [-0.39, 0.29) is 18.0 Å². The maximum atomic E-state index is 13.8. The van der Waals surface area contributed by atoms with E-state index in [1.165, 1.54) is 17.0 Å². The lowest BCUT2D eigenvalue weighted by atomic mass is 9.95. The van der Waals surface area contributed by atoms with Crippen molar-refractivity contribution in [3.63, 3.8) is 0 Å². The molecule has 1 aromatic heterocycles. The van der Waals surface area contributed by atoms with Crippen LogP contribution in [0.5, 0.6) is 0 Å². The van der Waals surface area contributed by atoms with Crippen LogP contribution in [0, 0.1) is 11.6 Å². The molecule has 6 nitrogen and oxygen atoms in total. The maximum absolute atomic E-state index is 13.8. The number of nitrogens with zero attached hydrogens (tertiary/aromatic N) is 3. The van der Waals surface area contributed by atoms with E-state index in [4.69, 9.17) is 4.98 Å². The number of anilines is 1. The van der Waals surface area contributed by atoms with Crippen molar-refractivity contribution in [1.29, 1.82) is 0 Å². The molecule has 1 fully saturated rings. The summed E-state index contributed by atoms with van der Waals surface area (Å²) < 4.78 is 29.6. The number of aromatic nitrogens is 2. The molecule has 0 spiro atoms. The Morgan fingerprint density at radius 3 is 2.65 bits per heavy atom. The van der Waals surface area contributed by atoms with Crippen molar-refractivity contribution in [2.75, 3.05) is 18.0 Å². The lowest BCUT2D eigenvalue weighted by Gasteiger charge is -2.33. The highest BCUT2D eigenvalue weighted by atomic mass is 19.2. The number of hydrogen-bond acceptors (Lipinski definition) is 3. The number of fused-ring (bicyclic) bond motifs is 3. The minimum Gasteiger partial charge on any atom is -0.465 e. The number of aryl methyl sites for hydroxylation is 1. The fraction of sp³-hybridized carbons (Fsp3) is 0.462. The standard InChI is InChI=1S/C26H30F2N4O2/c1-15(13-17-4-6-20(27)21(28)14-17)25-30-24-19-5-3-16(2)31(26(33)34)22(19)7-8-23(24)32(25)18-9-11-29-12-10-18/h4,6-8,14-16,18,29H,3,5,9-13H2,1-2H3,(H,33,34). The predicted octanol–water partition coefficient (Wildman–Crippen LogP) is 5.40. The summed E-state index contributed by atoms with van der Waals surface area (Å²) in [6.07, 6.45) is 3.07. The van der Waals surface area contributed by atoms with Gasteiger partial charge in [0.1, 0.15) is 5.82 Å². The molecule has 0 radical (unpaired) electrons. The molecule has 5 rings (SSSR count). The number of amides is 1. The third-order valence-corrected chi connectivity index (χ3v) is 7.33. The molecule has 2 aromatic carbocycles. The highest BCUT2D eigenvalue weighted by Gasteiger charge is 2.32. The molecule has 2 aliphatic rings. The normalized spacial score (nSPS) is 19.9. The van der Waals surface area contributed by atoms with Crippen LogP contribution >= 0.6 is 0 Å². The SMILES string of the molecule is CC(Cc1ccc(F)c(F)c1)c1nc2c3c(ccc2n1C1CCNCC1)N(C(=O)O)C(C)CC3. The number of rotatable bonds is 4. The van der Waals surface area contributed by atoms with Crippen LogP contribution in [0.25, 0.3) is 11.0 Å². The molecule has 180 valence electrons.